The van der Waals surface area contributed by atoms with Crippen LogP contribution in [0.2, 0.25) is 0 Å². The smallest absolute Gasteiger partial charge is 0.243 e. The average molecular weight is 282 g/mol. The van der Waals surface area contributed by atoms with Crippen LogP contribution in [0.4, 0.5) is 5.69 Å². The van der Waals surface area contributed by atoms with Gasteiger partial charge in [-0.15, -0.1) is 0 Å². The van der Waals surface area contributed by atoms with E-state index in [2.05, 4.69) is 6.58 Å². The van der Waals surface area contributed by atoms with Gasteiger partial charge in [0.15, 0.2) is 0 Å². The third-order valence-electron chi connectivity index (χ3n) is 3.12. The van der Waals surface area contributed by atoms with E-state index in [-0.39, 0.29) is 4.90 Å². The van der Waals surface area contributed by atoms with E-state index >= 15 is 0 Å². The summed E-state index contributed by atoms with van der Waals surface area (Å²) in [6, 6.07) is 3.20. The number of benzene rings is 1. The summed E-state index contributed by atoms with van der Waals surface area (Å²) >= 11 is 0. The van der Waals surface area contributed by atoms with Crippen molar-refractivity contribution in [3.05, 3.63) is 35.4 Å². The average Bonchev–Trinajstić information content (AvgIpc) is 2.31. The van der Waals surface area contributed by atoms with Gasteiger partial charge in [0.25, 0.3) is 0 Å². The summed E-state index contributed by atoms with van der Waals surface area (Å²) in [5.41, 5.74) is 8.97. The summed E-state index contributed by atoms with van der Waals surface area (Å²) in [4.78, 5) is 0.246. The maximum absolute atomic E-state index is 12.5. The van der Waals surface area contributed by atoms with Crippen LogP contribution in [0, 0.1) is 13.8 Å². The number of nitrogens with two attached hydrogens (primary N) is 1. The lowest BCUT2D eigenvalue weighted by Gasteiger charge is -2.21. The lowest BCUT2D eigenvalue weighted by Crippen LogP contribution is -2.32. The molecular formula is C14H22N2O2S. The van der Waals surface area contributed by atoms with Gasteiger partial charge in [-0.05, 0) is 44.0 Å². The number of anilines is 1. The van der Waals surface area contributed by atoms with E-state index in [1.54, 1.807) is 6.07 Å². The van der Waals surface area contributed by atoms with Crippen molar-refractivity contribution in [1.29, 1.82) is 0 Å². The Hall–Kier alpha value is -1.33. The molecule has 0 aromatic heterocycles. The van der Waals surface area contributed by atoms with E-state index in [1.165, 1.54) is 10.4 Å². The minimum atomic E-state index is -3.52. The standard InChI is InChI=1S/C14H22N2O2S/c1-6-16(9-10(2)3)19(17,18)13-7-11(4)12(5)14(15)8-13/h7-8H,2,6,9,15H2,1,3-5H3. The molecule has 0 atom stereocenters. The van der Waals surface area contributed by atoms with Crippen molar-refractivity contribution in [2.24, 2.45) is 0 Å². The topological polar surface area (TPSA) is 63.4 Å². The van der Waals surface area contributed by atoms with Crippen LogP contribution >= 0.6 is 0 Å². The summed E-state index contributed by atoms with van der Waals surface area (Å²) in [6.07, 6.45) is 0. The number of likely N-dealkylation sites (N-methyl/N-ethyl adjacent to an activating group) is 1. The molecule has 0 unspecified atom stereocenters. The van der Waals surface area contributed by atoms with Gasteiger partial charge in [0.2, 0.25) is 10.0 Å². The minimum absolute atomic E-state index is 0.246. The second kappa shape index (κ2) is 5.75. The van der Waals surface area contributed by atoms with Gasteiger partial charge in [0.1, 0.15) is 0 Å². The highest BCUT2D eigenvalue weighted by atomic mass is 32.2. The van der Waals surface area contributed by atoms with Crippen LogP contribution in [0.25, 0.3) is 0 Å². The third kappa shape index (κ3) is 3.36. The van der Waals surface area contributed by atoms with E-state index in [9.17, 15) is 8.42 Å². The number of nitrogens with zero attached hydrogens (tertiary/aromatic N) is 1. The molecule has 0 amide bonds. The van der Waals surface area contributed by atoms with Crippen molar-refractivity contribution in [2.45, 2.75) is 32.6 Å². The number of hydrogen-bond acceptors (Lipinski definition) is 3. The van der Waals surface area contributed by atoms with E-state index in [4.69, 9.17) is 5.73 Å². The van der Waals surface area contributed by atoms with Crippen molar-refractivity contribution in [2.75, 3.05) is 18.8 Å². The van der Waals surface area contributed by atoms with Crippen LogP contribution < -0.4 is 5.73 Å². The summed E-state index contributed by atoms with van der Waals surface area (Å²) in [7, 11) is -3.52. The SMILES string of the molecule is C=C(C)CN(CC)S(=O)(=O)c1cc(C)c(C)c(N)c1. The van der Waals surface area contributed by atoms with Gasteiger partial charge in [-0.25, -0.2) is 8.42 Å². The molecule has 1 rings (SSSR count). The second-order valence-electron chi connectivity index (χ2n) is 4.84. The van der Waals surface area contributed by atoms with Gasteiger partial charge < -0.3 is 5.73 Å². The molecule has 0 bridgehead atoms. The van der Waals surface area contributed by atoms with Gasteiger partial charge in [-0.2, -0.15) is 4.31 Å². The van der Waals surface area contributed by atoms with Crippen molar-refractivity contribution in [3.8, 4) is 0 Å². The predicted molar refractivity (Wildman–Crippen MR) is 79.6 cm³/mol. The first-order valence-corrected chi connectivity index (χ1v) is 7.65. The van der Waals surface area contributed by atoms with E-state index in [0.717, 1.165) is 16.7 Å². The van der Waals surface area contributed by atoms with E-state index < -0.39 is 10.0 Å². The molecule has 5 heteroatoms. The fraction of sp³-hybridized carbons (Fsp3) is 0.429. The Morgan fingerprint density at radius 1 is 1.37 bits per heavy atom. The molecule has 0 fully saturated rings. The fourth-order valence-electron chi connectivity index (χ4n) is 1.82. The van der Waals surface area contributed by atoms with Crippen molar-refractivity contribution < 1.29 is 8.42 Å². The quantitative estimate of drug-likeness (QED) is 0.666. The molecule has 4 nitrogen and oxygen atoms in total. The molecule has 0 radical (unpaired) electrons. The van der Waals surface area contributed by atoms with Gasteiger partial charge in [0.05, 0.1) is 4.90 Å². The molecule has 106 valence electrons. The van der Waals surface area contributed by atoms with Gasteiger partial charge in [-0.1, -0.05) is 19.1 Å². The molecule has 0 saturated heterocycles. The van der Waals surface area contributed by atoms with Crippen molar-refractivity contribution in [1.82, 2.24) is 4.31 Å². The molecule has 1 aromatic rings. The zero-order valence-electron chi connectivity index (χ0n) is 12.0. The number of rotatable bonds is 5. The van der Waals surface area contributed by atoms with Crippen LogP contribution in [-0.4, -0.2) is 25.8 Å². The largest absolute Gasteiger partial charge is 0.398 e. The Kier molecular flexibility index (Phi) is 4.76. The molecule has 0 aliphatic rings. The van der Waals surface area contributed by atoms with Gasteiger partial charge in [-0.3, -0.25) is 0 Å². The zero-order chi connectivity index (χ0) is 14.8. The summed E-state index contributed by atoms with van der Waals surface area (Å²) < 4.78 is 26.5. The molecule has 19 heavy (non-hydrogen) atoms. The van der Waals surface area contributed by atoms with E-state index in [1.807, 2.05) is 27.7 Å². The lowest BCUT2D eigenvalue weighted by molar-refractivity contribution is 0.453. The first-order chi connectivity index (χ1) is 8.70. The Bertz CT molecular complexity index is 568. The number of sulfonamides is 1. The Balaban J connectivity index is 3.30. The number of hydrogen-bond donors (Lipinski definition) is 1. The van der Waals surface area contributed by atoms with Crippen LogP contribution in [0.5, 0.6) is 0 Å². The first kappa shape index (κ1) is 15.7. The molecule has 2 N–H and O–H groups in total. The molecular weight excluding hydrogens is 260 g/mol. The number of nitrogen functional groups attached to an aromatic ring is 1. The zero-order valence-corrected chi connectivity index (χ0v) is 12.8. The van der Waals surface area contributed by atoms with Crippen LogP contribution in [0.15, 0.2) is 29.2 Å². The maximum atomic E-state index is 12.5. The van der Waals surface area contributed by atoms with E-state index in [0.29, 0.717) is 18.8 Å². The predicted octanol–water partition coefficient (Wildman–Crippen LogP) is 2.47. The third-order valence-corrected chi connectivity index (χ3v) is 5.02. The first-order valence-electron chi connectivity index (χ1n) is 6.21. The van der Waals surface area contributed by atoms with Crippen LogP contribution in [0.1, 0.15) is 25.0 Å². The molecule has 0 spiro atoms. The highest BCUT2D eigenvalue weighted by molar-refractivity contribution is 7.89. The molecule has 0 aliphatic heterocycles. The Morgan fingerprint density at radius 2 is 1.95 bits per heavy atom. The van der Waals surface area contributed by atoms with Crippen LogP contribution in [-0.2, 0) is 10.0 Å². The maximum Gasteiger partial charge on any atom is 0.243 e. The Labute approximate surface area is 116 Å². The molecule has 1 aromatic carbocycles. The highest BCUT2D eigenvalue weighted by Crippen LogP contribution is 2.24. The monoisotopic (exact) mass is 282 g/mol. The summed E-state index contributed by atoms with van der Waals surface area (Å²) in [5, 5.41) is 0. The highest BCUT2D eigenvalue weighted by Gasteiger charge is 2.24. The summed E-state index contributed by atoms with van der Waals surface area (Å²) in [6.45, 7) is 11.9. The normalized spacial score (nSPS) is 11.8. The fourth-order valence-corrected chi connectivity index (χ4v) is 3.45. The molecule has 0 heterocycles. The molecule has 0 saturated carbocycles. The minimum Gasteiger partial charge on any atom is -0.398 e. The lowest BCUT2D eigenvalue weighted by atomic mass is 10.1. The van der Waals surface area contributed by atoms with Gasteiger partial charge >= 0.3 is 0 Å². The Morgan fingerprint density at radius 3 is 2.37 bits per heavy atom. The van der Waals surface area contributed by atoms with Crippen molar-refractivity contribution >= 4 is 15.7 Å². The second-order valence-corrected chi connectivity index (χ2v) is 6.78. The molecule has 0 aliphatic carbocycles. The van der Waals surface area contributed by atoms with Crippen molar-refractivity contribution in [3.63, 3.8) is 0 Å². The van der Waals surface area contributed by atoms with Crippen LogP contribution in [0.3, 0.4) is 0 Å². The summed E-state index contributed by atoms with van der Waals surface area (Å²) in [5.74, 6) is 0. The van der Waals surface area contributed by atoms with Gasteiger partial charge in [0, 0.05) is 18.8 Å². The number of aryl methyl sites for hydroxylation is 1.